The van der Waals surface area contributed by atoms with Crippen LogP contribution in [0.2, 0.25) is 0 Å². The zero-order valence-corrected chi connectivity index (χ0v) is 17.8. The zero-order valence-electron chi connectivity index (χ0n) is 16.9. The number of pyridine rings is 2. The number of thiocarbonyl (C=S) groups is 1. The summed E-state index contributed by atoms with van der Waals surface area (Å²) in [5.41, 5.74) is 3.25. The van der Waals surface area contributed by atoms with Crippen molar-refractivity contribution in [2.45, 2.75) is 38.0 Å². The fourth-order valence-electron chi connectivity index (χ4n) is 4.38. The Bertz CT molecular complexity index is 1010. The molecule has 0 radical (unpaired) electrons. The Morgan fingerprint density at radius 1 is 1.17 bits per heavy atom. The van der Waals surface area contributed by atoms with E-state index in [1.54, 1.807) is 0 Å². The maximum Gasteiger partial charge on any atom is 0.170 e. The van der Waals surface area contributed by atoms with Gasteiger partial charge in [0.05, 0.1) is 23.9 Å². The molecule has 0 amide bonds. The van der Waals surface area contributed by atoms with Crippen molar-refractivity contribution in [3.63, 3.8) is 0 Å². The average molecular weight is 420 g/mol. The highest BCUT2D eigenvalue weighted by atomic mass is 32.1. The van der Waals surface area contributed by atoms with Crippen LogP contribution in [0.25, 0.3) is 5.82 Å². The molecular weight excluding hydrogens is 394 g/mol. The summed E-state index contributed by atoms with van der Waals surface area (Å²) in [6.45, 7) is 3.65. The van der Waals surface area contributed by atoms with E-state index in [0.29, 0.717) is 0 Å². The second-order valence-corrected chi connectivity index (χ2v) is 8.30. The molecule has 0 aromatic carbocycles. The number of aromatic nitrogens is 3. The number of aryl methyl sites for hydroxylation is 1. The van der Waals surface area contributed by atoms with Crippen LogP contribution in [0.1, 0.15) is 41.9 Å². The summed E-state index contributed by atoms with van der Waals surface area (Å²) in [6.07, 6.45) is 8.18. The normalized spacial score (nSPS) is 23.7. The van der Waals surface area contributed by atoms with Gasteiger partial charge in [0.15, 0.2) is 5.11 Å². The Kier molecular flexibility index (Phi) is 5.23. The molecule has 1 N–H and O–H groups in total. The first-order valence-corrected chi connectivity index (χ1v) is 10.8. The summed E-state index contributed by atoms with van der Waals surface area (Å²) in [4.78, 5) is 11.5. The fraction of sp³-hybridized carbons (Fsp3) is 0.348. The highest BCUT2D eigenvalue weighted by Crippen LogP contribution is 2.40. The first kappa shape index (κ1) is 19.2. The van der Waals surface area contributed by atoms with Crippen molar-refractivity contribution in [2.24, 2.45) is 0 Å². The lowest BCUT2D eigenvalue weighted by molar-refractivity contribution is 0.0836. The Morgan fingerprint density at radius 3 is 2.83 bits per heavy atom. The van der Waals surface area contributed by atoms with Gasteiger partial charge in [0.2, 0.25) is 0 Å². The van der Waals surface area contributed by atoms with E-state index < -0.39 is 0 Å². The summed E-state index contributed by atoms with van der Waals surface area (Å²) in [5, 5.41) is 4.27. The van der Waals surface area contributed by atoms with Crippen molar-refractivity contribution in [3.8, 4) is 5.82 Å². The minimum atomic E-state index is -0.0424. The molecule has 3 aromatic heterocycles. The first-order chi connectivity index (χ1) is 14.7. The molecule has 7 heteroatoms. The van der Waals surface area contributed by atoms with Gasteiger partial charge in [-0.25, -0.2) is 4.98 Å². The van der Waals surface area contributed by atoms with Crippen molar-refractivity contribution in [1.82, 2.24) is 24.8 Å². The van der Waals surface area contributed by atoms with Gasteiger partial charge >= 0.3 is 0 Å². The van der Waals surface area contributed by atoms with Gasteiger partial charge in [0.25, 0.3) is 0 Å². The minimum absolute atomic E-state index is 0.00490. The number of rotatable bonds is 5. The molecule has 6 nitrogen and oxygen atoms in total. The van der Waals surface area contributed by atoms with Crippen molar-refractivity contribution in [1.29, 1.82) is 0 Å². The maximum absolute atomic E-state index is 5.93. The molecule has 5 rings (SSSR count). The zero-order chi connectivity index (χ0) is 20.5. The van der Waals surface area contributed by atoms with E-state index in [2.05, 4.69) is 61.3 Å². The molecule has 0 bridgehead atoms. The number of ether oxygens (including phenoxy) is 1. The minimum Gasteiger partial charge on any atom is -0.376 e. The van der Waals surface area contributed by atoms with Gasteiger partial charge in [-0.1, -0.05) is 12.1 Å². The third kappa shape index (κ3) is 3.59. The van der Waals surface area contributed by atoms with E-state index in [-0.39, 0.29) is 18.2 Å². The highest BCUT2D eigenvalue weighted by Gasteiger charge is 2.42. The van der Waals surface area contributed by atoms with Crippen molar-refractivity contribution in [3.05, 3.63) is 78.0 Å². The van der Waals surface area contributed by atoms with E-state index >= 15 is 0 Å². The number of nitrogens with one attached hydrogen (secondary N) is 1. The van der Waals surface area contributed by atoms with Crippen molar-refractivity contribution < 1.29 is 4.74 Å². The average Bonchev–Trinajstić information content (AvgIpc) is 3.51. The highest BCUT2D eigenvalue weighted by molar-refractivity contribution is 7.80. The molecule has 0 spiro atoms. The smallest absolute Gasteiger partial charge is 0.170 e. The summed E-state index contributed by atoms with van der Waals surface area (Å²) in [5.74, 6) is 0.898. The lowest BCUT2D eigenvalue weighted by Gasteiger charge is -2.30. The van der Waals surface area contributed by atoms with E-state index in [4.69, 9.17) is 17.0 Å². The molecule has 5 heterocycles. The van der Waals surface area contributed by atoms with Crippen LogP contribution in [0.4, 0.5) is 0 Å². The fourth-order valence-corrected chi connectivity index (χ4v) is 4.69. The molecular formula is C23H25N5OS. The Labute approximate surface area is 181 Å². The van der Waals surface area contributed by atoms with Gasteiger partial charge in [-0.3, -0.25) is 4.98 Å². The Hall–Kier alpha value is -2.77. The van der Waals surface area contributed by atoms with Crippen LogP contribution in [-0.4, -0.2) is 43.8 Å². The van der Waals surface area contributed by atoms with Crippen LogP contribution in [-0.2, 0) is 4.74 Å². The van der Waals surface area contributed by atoms with Crippen molar-refractivity contribution >= 4 is 17.3 Å². The monoisotopic (exact) mass is 419 g/mol. The van der Waals surface area contributed by atoms with Crippen LogP contribution in [0, 0.1) is 6.92 Å². The van der Waals surface area contributed by atoms with E-state index in [1.165, 1.54) is 0 Å². The predicted molar refractivity (Wildman–Crippen MR) is 119 cm³/mol. The van der Waals surface area contributed by atoms with Crippen LogP contribution in [0.15, 0.2) is 61.1 Å². The maximum atomic E-state index is 5.93. The van der Waals surface area contributed by atoms with E-state index in [0.717, 1.165) is 53.9 Å². The number of hydrogen-bond acceptors (Lipinski definition) is 4. The van der Waals surface area contributed by atoms with Gasteiger partial charge in [-0.15, -0.1) is 0 Å². The molecule has 30 heavy (non-hydrogen) atoms. The molecule has 3 aromatic rings. The molecule has 2 saturated heterocycles. The molecule has 0 aliphatic carbocycles. The van der Waals surface area contributed by atoms with E-state index in [1.807, 2.05) is 31.5 Å². The first-order valence-electron chi connectivity index (χ1n) is 10.4. The third-order valence-electron chi connectivity index (χ3n) is 5.85. The molecule has 2 aliphatic heterocycles. The van der Waals surface area contributed by atoms with Gasteiger partial charge in [0, 0.05) is 37.4 Å². The van der Waals surface area contributed by atoms with Gasteiger partial charge in [0.1, 0.15) is 5.82 Å². The molecule has 0 unspecified atom stereocenters. The van der Waals surface area contributed by atoms with Crippen LogP contribution in [0.5, 0.6) is 0 Å². The van der Waals surface area contributed by atoms with Crippen molar-refractivity contribution in [2.75, 3.05) is 13.2 Å². The number of hydrogen-bond donors (Lipinski definition) is 1. The summed E-state index contributed by atoms with van der Waals surface area (Å²) >= 11 is 5.79. The predicted octanol–water partition coefficient (Wildman–Crippen LogP) is 3.73. The molecule has 0 saturated carbocycles. The largest absolute Gasteiger partial charge is 0.376 e. The molecule has 2 fully saturated rings. The second-order valence-electron chi connectivity index (χ2n) is 7.91. The summed E-state index contributed by atoms with van der Waals surface area (Å²) in [7, 11) is 0. The summed E-state index contributed by atoms with van der Waals surface area (Å²) in [6, 6.07) is 14.3. The van der Waals surface area contributed by atoms with E-state index in [9.17, 15) is 0 Å². The third-order valence-corrected chi connectivity index (χ3v) is 6.20. The van der Waals surface area contributed by atoms with Gasteiger partial charge in [-0.2, -0.15) is 0 Å². The lowest BCUT2D eigenvalue weighted by Crippen LogP contribution is -2.36. The Morgan fingerprint density at radius 2 is 2.10 bits per heavy atom. The van der Waals surface area contributed by atoms with Gasteiger partial charge in [-0.05, 0) is 67.9 Å². The van der Waals surface area contributed by atoms with Crippen LogP contribution >= 0.6 is 12.2 Å². The Balaban J connectivity index is 1.56. The quantitative estimate of drug-likeness (QED) is 0.636. The molecule has 154 valence electrons. The second kappa shape index (κ2) is 8.16. The number of nitrogens with zero attached hydrogens (tertiary/aromatic N) is 4. The van der Waals surface area contributed by atoms with Crippen LogP contribution < -0.4 is 5.32 Å². The molecule has 3 atom stereocenters. The molecule has 2 aliphatic rings. The topological polar surface area (TPSA) is 55.2 Å². The summed E-state index contributed by atoms with van der Waals surface area (Å²) < 4.78 is 8.09. The SMILES string of the molecule is Cc1ccc(-n2cccc2[C@H]2[C@H](c3ccccn3)NC(=S)N2C[C@@H]2CCCO2)nc1. The van der Waals surface area contributed by atoms with Crippen LogP contribution in [0.3, 0.4) is 0 Å². The standard InChI is InChI=1S/C23H25N5OS/c1-16-9-10-20(25-14-16)27-12-4-8-19(27)22-21(18-7-2-3-11-24-18)26-23(30)28(22)15-17-6-5-13-29-17/h2-4,7-12,14,17,21-22H,5-6,13,15H2,1H3,(H,26,30)/t17-,21-,22-/m0/s1. The van der Waals surface area contributed by atoms with Gasteiger partial charge < -0.3 is 19.5 Å². The lowest BCUT2D eigenvalue weighted by atomic mass is 10.0.